The minimum Gasteiger partial charge on any atom is -0.398 e. The zero-order valence-corrected chi connectivity index (χ0v) is 24.0. The highest BCUT2D eigenvalue weighted by Crippen LogP contribution is 2.33. The van der Waals surface area contributed by atoms with E-state index in [1.54, 1.807) is 29.5 Å². The van der Waals surface area contributed by atoms with Gasteiger partial charge in [-0.05, 0) is 48.4 Å². The lowest BCUT2D eigenvalue weighted by molar-refractivity contribution is -0.125. The van der Waals surface area contributed by atoms with E-state index in [1.807, 2.05) is 6.07 Å². The van der Waals surface area contributed by atoms with Crippen molar-refractivity contribution in [1.82, 2.24) is 19.8 Å². The number of aryl methyl sites for hydroxylation is 1. The lowest BCUT2D eigenvalue weighted by atomic mass is 9.85. The van der Waals surface area contributed by atoms with Crippen LogP contribution in [0.15, 0.2) is 29.8 Å². The van der Waals surface area contributed by atoms with Crippen LogP contribution in [0.2, 0.25) is 5.02 Å². The minimum absolute atomic E-state index is 0.117. The quantitative estimate of drug-likeness (QED) is 0.203. The van der Waals surface area contributed by atoms with E-state index in [1.165, 1.54) is 6.08 Å². The molecule has 0 radical (unpaired) electrons. The van der Waals surface area contributed by atoms with Gasteiger partial charge in [0.15, 0.2) is 0 Å². The number of benzene rings is 1. The monoisotopic (exact) mass is 541 g/mol. The number of hydrogen-bond donors (Lipinski definition) is 3. The molecule has 0 unspecified atom stereocenters. The van der Waals surface area contributed by atoms with Crippen LogP contribution >= 0.6 is 11.6 Å². The molecule has 5 N–H and O–H groups in total. The third-order valence-corrected chi connectivity index (χ3v) is 7.41. The third-order valence-electron chi connectivity index (χ3n) is 7.09. The van der Waals surface area contributed by atoms with Gasteiger partial charge < -0.3 is 26.3 Å². The van der Waals surface area contributed by atoms with Crippen LogP contribution in [0.5, 0.6) is 0 Å². The Kier molecular flexibility index (Phi) is 8.92. The van der Waals surface area contributed by atoms with Gasteiger partial charge in [0.05, 0.1) is 18.3 Å². The number of rotatable bonds is 8. The van der Waals surface area contributed by atoms with Crippen LogP contribution in [0.1, 0.15) is 73.7 Å². The van der Waals surface area contributed by atoms with Crippen LogP contribution in [-0.4, -0.2) is 51.2 Å². The van der Waals surface area contributed by atoms with Crippen LogP contribution in [0.4, 0.5) is 5.69 Å². The Morgan fingerprint density at radius 3 is 2.61 bits per heavy atom. The van der Waals surface area contributed by atoms with Crippen molar-refractivity contribution in [2.24, 2.45) is 23.7 Å². The van der Waals surface area contributed by atoms with Crippen molar-refractivity contribution in [3.8, 4) is 0 Å². The summed E-state index contributed by atoms with van der Waals surface area (Å²) in [4.78, 5) is 36.4. The number of hydrogen-bond acceptors (Lipinski definition) is 5. The van der Waals surface area contributed by atoms with Crippen molar-refractivity contribution in [2.75, 3.05) is 18.8 Å². The van der Waals surface area contributed by atoms with Gasteiger partial charge in [0.25, 0.3) is 5.91 Å². The SMILES string of the molecule is C=CC(=O)N1C[C@@H](CCC)[C@@H](NC(=O)c2c(C)nc(CN=C(N)c3cc(C(C)(C)C)c(Cl)cc3N)n2C)C1. The van der Waals surface area contributed by atoms with E-state index >= 15 is 0 Å². The molecule has 2 amide bonds. The zero-order chi connectivity index (χ0) is 28.4. The van der Waals surface area contributed by atoms with Crippen molar-refractivity contribution in [2.45, 2.75) is 65.5 Å². The molecule has 0 aliphatic carbocycles. The number of nitrogens with two attached hydrogens (primary N) is 2. The normalized spacial score (nSPS) is 18.1. The molecule has 1 fully saturated rings. The second-order valence-corrected chi connectivity index (χ2v) is 11.4. The number of nitrogen functional groups attached to an aromatic ring is 1. The van der Waals surface area contributed by atoms with Crippen LogP contribution < -0.4 is 16.8 Å². The molecular formula is C28H40ClN7O2. The van der Waals surface area contributed by atoms with Crippen molar-refractivity contribution >= 4 is 34.9 Å². The summed E-state index contributed by atoms with van der Waals surface area (Å²) < 4.78 is 1.74. The molecule has 2 aromatic rings. The van der Waals surface area contributed by atoms with Crippen molar-refractivity contribution < 1.29 is 9.59 Å². The summed E-state index contributed by atoms with van der Waals surface area (Å²) in [6.07, 6.45) is 3.20. The lowest BCUT2D eigenvalue weighted by Crippen LogP contribution is -2.41. The number of nitrogens with zero attached hydrogens (tertiary/aromatic N) is 4. The highest BCUT2D eigenvalue weighted by Gasteiger charge is 2.35. The summed E-state index contributed by atoms with van der Waals surface area (Å²) in [7, 11) is 1.79. The number of halogens is 1. The van der Waals surface area contributed by atoms with E-state index in [4.69, 9.17) is 23.1 Å². The predicted molar refractivity (Wildman–Crippen MR) is 153 cm³/mol. The van der Waals surface area contributed by atoms with Crippen LogP contribution in [-0.2, 0) is 23.8 Å². The topological polar surface area (TPSA) is 132 Å². The molecule has 2 heterocycles. The maximum Gasteiger partial charge on any atom is 0.270 e. The fourth-order valence-electron chi connectivity index (χ4n) is 5.02. The Balaban J connectivity index is 1.80. The number of aliphatic imine (C=N–C) groups is 1. The summed E-state index contributed by atoms with van der Waals surface area (Å²) in [5.74, 6) is 0.716. The first-order chi connectivity index (χ1) is 17.8. The molecule has 3 rings (SSSR count). The molecular weight excluding hydrogens is 502 g/mol. The summed E-state index contributed by atoms with van der Waals surface area (Å²) in [6.45, 7) is 14.9. The first-order valence-corrected chi connectivity index (χ1v) is 13.3. The molecule has 2 atom stereocenters. The smallest absolute Gasteiger partial charge is 0.270 e. The van der Waals surface area contributed by atoms with Crippen molar-refractivity contribution in [1.29, 1.82) is 0 Å². The second-order valence-electron chi connectivity index (χ2n) is 11.0. The standard InChI is InChI=1S/C28H40ClN7O2/c1-8-10-17-14-36(24(37)9-2)15-22(17)34-27(38)25-16(3)33-23(35(25)7)13-32-26(31)18-11-19(28(4,5)6)20(29)12-21(18)30/h9,11-12,17,22H,2,8,10,13-15,30H2,1,3-7H3,(H2,31,32)(H,34,38)/t17-,22+/m1/s1. The van der Waals surface area contributed by atoms with Crippen LogP contribution in [0, 0.1) is 12.8 Å². The van der Waals surface area contributed by atoms with Gasteiger partial charge in [-0.3, -0.25) is 14.6 Å². The van der Waals surface area contributed by atoms with Gasteiger partial charge in [-0.1, -0.05) is 52.3 Å². The molecule has 38 heavy (non-hydrogen) atoms. The van der Waals surface area contributed by atoms with Crippen molar-refractivity contribution in [3.63, 3.8) is 0 Å². The molecule has 10 heteroatoms. The molecule has 1 aliphatic heterocycles. The Bertz CT molecular complexity index is 1260. The summed E-state index contributed by atoms with van der Waals surface area (Å²) in [5.41, 5.74) is 15.4. The maximum atomic E-state index is 13.3. The third kappa shape index (κ3) is 6.20. The highest BCUT2D eigenvalue weighted by atomic mass is 35.5. The number of imidazole rings is 1. The molecule has 1 saturated heterocycles. The summed E-state index contributed by atoms with van der Waals surface area (Å²) in [5, 5.41) is 3.73. The molecule has 1 aromatic heterocycles. The number of carbonyl (C=O) groups excluding carboxylic acids is 2. The van der Waals surface area contributed by atoms with Gasteiger partial charge in [0.1, 0.15) is 17.4 Å². The second kappa shape index (κ2) is 11.6. The molecule has 0 spiro atoms. The number of amidine groups is 1. The molecule has 1 aromatic carbocycles. The predicted octanol–water partition coefficient (Wildman–Crippen LogP) is 3.71. The summed E-state index contributed by atoms with van der Waals surface area (Å²) in [6, 6.07) is 3.45. The number of likely N-dealkylation sites (tertiary alicyclic amines) is 1. The molecule has 0 saturated carbocycles. The molecule has 1 aliphatic rings. The van der Waals surface area contributed by atoms with E-state index in [2.05, 4.69) is 49.6 Å². The van der Waals surface area contributed by atoms with E-state index in [-0.39, 0.29) is 41.6 Å². The average Bonchev–Trinajstić information content (AvgIpc) is 3.35. The van der Waals surface area contributed by atoms with E-state index in [0.29, 0.717) is 46.6 Å². The number of carbonyl (C=O) groups is 2. The largest absolute Gasteiger partial charge is 0.398 e. The van der Waals surface area contributed by atoms with Gasteiger partial charge in [0, 0.05) is 36.4 Å². The Morgan fingerprint density at radius 1 is 1.32 bits per heavy atom. The Hall–Kier alpha value is -3.33. The van der Waals surface area contributed by atoms with Gasteiger partial charge in [0.2, 0.25) is 5.91 Å². The van der Waals surface area contributed by atoms with Gasteiger partial charge in [-0.15, -0.1) is 0 Å². The Labute approximate surface area is 230 Å². The van der Waals surface area contributed by atoms with E-state index < -0.39 is 0 Å². The zero-order valence-electron chi connectivity index (χ0n) is 23.3. The maximum absolute atomic E-state index is 13.3. The van der Waals surface area contributed by atoms with E-state index in [0.717, 1.165) is 18.4 Å². The molecule has 206 valence electrons. The Morgan fingerprint density at radius 2 is 2.00 bits per heavy atom. The number of amides is 2. The average molecular weight is 542 g/mol. The number of anilines is 1. The fraction of sp³-hybridized carbons (Fsp3) is 0.500. The number of aromatic nitrogens is 2. The van der Waals surface area contributed by atoms with Crippen LogP contribution in [0.3, 0.4) is 0 Å². The first-order valence-electron chi connectivity index (χ1n) is 12.9. The van der Waals surface area contributed by atoms with Crippen molar-refractivity contribution in [3.05, 3.63) is 58.1 Å². The van der Waals surface area contributed by atoms with Crippen LogP contribution in [0.25, 0.3) is 0 Å². The van der Waals surface area contributed by atoms with E-state index in [9.17, 15) is 9.59 Å². The van der Waals surface area contributed by atoms with Gasteiger partial charge in [-0.25, -0.2) is 4.98 Å². The van der Waals surface area contributed by atoms with Gasteiger partial charge >= 0.3 is 0 Å². The molecule has 0 bridgehead atoms. The molecule has 9 nitrogen and oxygen atoms in total. The lowest BCUT2D eigenvalue weighted by Gasteiger charge is -2.22. The summed E-state index contributed by atoms with van der Waals surface area (Å²) >= 11 is 6.42. The highest BCUT2D eigenvalue weighted by molar-refractivity contribution is 6.32. The van der Waals surface area contributed by atoms with Gasteiger partial charge in [-0.2, -0.15) is 0 Å². The number of nitrogens with one attached hydrogen (secondary N) is 1. The first kappa shape index (κ1) is 29.2. The fourth-order valence-corrected chi connectivity index (χ4v) is 5.48. The minimum atomic E-state index is -0.225.